The van der Waals surface area contributed by atoms with Gasteiger partial charge in [-0.15, -0.1) is 0 Å². The fraction of sp³-hybridized carbons (Fsp3) is 0.700. The summed E-state index contributed by atoms with van der Waals surface area (Å²) in [6.07, 6.45) is 13.2. The lowest BCUT2D eigenvalue weighted by Gasteiger charge is -2.58. The van der Waals surface area contributed by atoms with Gasteiger partial charge in [-0.05, 0) is 112 Å². The largest absolute Gasteiger partial charge is 0.338 e. The first kappa shape index (κ1) is 21.9. The van der Waals surface area contributed by atoms with Gasteiger partial charge in [0.25, 0.3) is 5.91 Å². The fourth-order valence-corrected chi connectivity index (χ4v) is 9.72. The molecule has 1 heterocycles. The van der Waals surface area contributed by atoms with Crippen molar-refractivity contribution in [2.45, 2.75) is 77.3 Å². The van der Waals surface area contributed by atoms with E-state index in [2.05, 4.69) is 31.9 Å². The number of hydrogen-bond acceptors (Lipinski definition) is 2. The topological polar surface area (TPSA) is 23.6 Å². The van der Waals surface area contributed by atoms with Gasteiger partial charge in [0.15, 0.2) is 0 Å². The van der Waals surface area contributed by atoms with Crippen LogP contribution >= 0.6 is 0 Å². The zero-order chi connectivity index (χ0) is 23.0. The molecule has 1 saturated heterocycles. The van der Waals surface area contributed by atoms with Gasteiger partial charge in [0, 0.05) is 31.2 Å². The Hall–Kier alpha value is -1.61. The van der Waals surface area contributed by atoms with E-state index in [4.69, 9.17) is 0 Å². The minimum Gasteiger partial charge on any atom is -0.338 e. The molecule has 1 aromatic carbocycles. The third-order valence-corrected chi connectivity index (χ3v) is 11.6. The Bertz CT molecular complexity index is 955. The van der Waals surface area contributed by atoms with E-state index in [1.54, 1.807) is 5.57 Å². The molecular formula is C30H42N2O. The van der Waals surface area contributed by atoms with Gasteiger partial charge in [0.2, 0.25) is 0 Å². The van der Waals surface area contributed by atoms with E-state index in [9.17, 15) is 4.79 Å². The van der Waals surface area contributed by atoms with Gasteiger partial charge < -0.3 is 9.80 Å². The predicted octanol–water partition coefficient (Wildman–Crippen LogP) is 6.02. The summed E-state index contributed by atoms with van der Waals surface area (Å²) in [5.74, 6) is 3.78. The second-order valence-corrected chi connectivity index (χ2v) is 12.5. The zero-order valence-corrected chi connectivity index (χ0v) is 21.1. The SMILES string of the molecule is C[C@H]1[C@H]2CC[C@H]3[C@@H]4CC=C5C[C@@H](N(C)C(=O)c6ccccc6)CC[C@]5(C)[C@H]4CC[C@]23CN1C. The van der Waals surface area contributed by atoms with Crippen molar-refractivity contribution in [3.8, 4) is 0 Å². The van der Waals surface area contributed by atoms with Crippen molar-refractivity contribution >= 4 is 5.91 Å². The Balaban J connectivity index is 1.22. The van der Waals surface area contributed by atoms with Gasteiger partial charge in [0.1, 0.15) is 0 Å². The summed E-state index contributed by atoms with van der Waals surface area (Å²) in [6.45, 7) is 6.43. The van der Waals surface area contributed by atoms with E-state index in [1.165, 1.54) is 45.1 Å². The molecule has 33 heavy (non-hydrogen) atoms. The molecule has 5 aliphatic rings. The van der Waals surface area contributed by atoms with Crippen LogP contribution in [0.15, 0.2) is 42.0 Å². The van der Waals surface area contributed by atoms with Gasteiger partial charge >= 0.3 is 0 Å². The molecule has 1 amide bonds. The Labute approximate surface area is 200 Å². The molecule has 0 bridgehead atoms. The van der Waals surface area contributed by atoms with Crippen molar-refractivity contribution in [1.29, 1.82) is 0 Å². The average molecular weight is 447 g/mol. The predicted molar refractivity (Wildman–Crippen MR) is 134 cm³/mol. The standard InChI is InChI=1S/C30H42N2O/c1-20-25-12-13-27-24-11-10-22-18-23(32(4)28(33)21-8-6-5-7-9-21)14-16-29(22,2)26(24)15-17-30(25,27)19-31(20)3/h5-10,20,23-27H,11-19H2,1-4H3/t20-,23-,24+,25+,26-,27-,29-,30-/m0/s1. The summed E-state index contributed by atoms with van der Waals surface area (Å²) in [6, 6.07) is 10.9. The lowest BCUT2D eigenvalue weighted by atomic mass is 9.47. The van der Waals surface area contributed by atoms with Crippen molar-refractivity contribution in [3.63, 3.8) is 0 Å². The van der Waals surface area contributed by atoms with Crippen molar-refractivity contribution < 1.29 is 4.79 Å². The lowest BCUT2D eigenvalue weighted by Crippen LogP contribution is -2.53. The van der Waals surface area contributed by atoms with E-state index >= 15 is 0 Å². The highest BCUT2D eigenvalue weighted by Gasteiger charge is 2.64. The van der Waals surface area contributed by atoms with Crippen molar-refractivity contribution in [2.24, 2.45) is 34.5 Å². The number of allylic oxidation sites excluding steroid dienone is 1. The van der Waals surface area contributed by atoms with Gasteiger partial charge in [-0.1, -0.05) is 36.8 Å². The summed E-state index contributed by atoms with van der Waals surface area (Å²) in [4.78, 5) is 17.8. The summed E-state index contributed by atoms with van der Waals surface area (Å²) in [5.41, 5.74) is 3.45. The minimum absolute atomic E-state index is 0.176. The highest BCUT2D eigenvalue weighted by Crippen LogP contribution is 2.68. The van der Waals surface area contributed by atoms with E-state index < -0.39 is 0 Å². The maximum atomic E-state index is 13.1. The van der Waals surface area contributed by atoms with Gasteiger partial charge in [-0.3, -0.25) is 4.79 Å². The molecule has 178 valence electrons. The number of benzene rings is 1. The maximum absolute atomic E-state index is 13.1. The molecule has 1 aromatic rings. The molecule has 3 heteroatoms. The molecular weight excluding hydrogens is 404 g/mol. The second-order valence-electron chi connectivity index (χ2n) is 12.5. The van der Waals surface area contributed by atoms with Crippen LogP contribution in [0.1, 0.15) is 75.6 Å². The number of carbonyl (C=O) groups excluding carboxylic acids is 1. The summed E-state index contributed by atoms with van der Waals surface area (Å²) < 4.78 is 0. The van der Waals surface area contributed by atoms with E-state index in [1.807, 2.05) is 42.3 Å². The van der Waals surface area contributed by atoms with Gasteiger partial charge in [0.05, 0.1) is 0 Å². The molecule has 6 rings (SSSR count). The van der Waals surface area contributed by atoms with Crippen LogP contribution in [-0.2, 0) is 0 Å². The molecule has 3 nitrogen and oxygen atoms in total. The van der Waals surface area contributed by atoms with Gasteiger partial charge in [-0.2, -0.15) is 0 Å². The molecule has 0 radical (unpaired) electrons. The molecule has 0 N–H and O–H groups in total. The Kier molecular flexibility index (Phi) is 5.11. The van der Waals surface area contributed by atoms with Crippen LogP contribution in [0, 0.1) is 34.5 Å². The van der Waals surface area contributed by atoms with E-state index in [0.717, 1.165) is 48.1 Å². The zero-order valence-electron chi connectivity index (χ0n) is 21.1. The van der Waals surface area contributed by atoms with Crippen molar-refractivity contribution in [1.82, 2.24) is 9.80 Å². The van der Waals surface area contributed by atoms with Crippen LogP contribution in [0.3, 0.4) is 0 Å². The van der Waals surface area contributed by atoms with Crippen LogP contribution in [-0.4, -0.2) is 48.4 Å². The third kappa shape index (κ3) is 3.07. The van der Waals surface area contributed by atoms with Crippen LogP contribution in [0.2, 0.25) is 0 Å². The Morgan fingerprint density at radius 2 is 1.79 bits per heavy atom. The first-order valence-corrected chi connectivity index (χ1v) is 13.6. The third-order valence-electron chi connectivity index (χ3n) is 11.6. The van der Waals surface area contributed by atoms with E-state index in [0.29, 0.717) is 16.9 Å². The second kappa shape index (κ2) is 7.70. The summed E-state index contributed by atoms with van der Waals surface area (Å²) in [5, 5.41) is 0. The first-order chi connectivity index (χ1) is 15.8. The molecule has 4 fully saturated rings. The number of likely N-dealkylation sites (tertiary alicyclic amines) is 1. The number of carbonyl (C=O) groups is 1. The monoisotopic (exact) mass is 446 g/mol. The molecule has 1 aliphatic heterocycles. The average Bonchev–Trinajstić information content (AvgIpc) is 3.31. The van der Waals surface area contributed by atoms with Crippen LogP contribution in [0.5, 0.6) is 0 Å². The number of amides is 1. The Morgan fingerprint density at radius 3 is 2.58 bits per heavy atom. The number of fused-ring (bicyclic) bond motifs is 4. The number of rotatable bonds is 2. The molecule has 1 spiro atoms. The smallest absolute Gasteiger partial charge is 0.253 e. The quantitative estimate of drug-likeness (QED) is 0.519. The molecule has 4 aliphatic carbocycles. The maximum Gasteiger partial charge on any atom is 0.253 e. The highest BCUT2D eigenvalue weighted by molar-refractivity contribution is 5.94. The molecule has 8 atom stereocenters. The normalized spacial score (nSPS) is 44.3. The molecule has 3 saturated carbocycles. The fourth-order valence-electron chi connectivity index (χ4n) is 9.72. The number of hydrogen-bond donors (Lipinski definition) is 0. The van der Waals surface area contributed by atoms with E-state index in [-0.39, 0.29) is 5.91 Å². The van der Waals surface area contributed by atoms with Crippen molar-refractivity contribution in [2.75, 3.05) is 20.6 Å². The first-order valence-electron chi connectivity index (χ1n) is 13.6. The lowest BCUT2D eigenvalue weighted by molar-refractivity contribution is -0.0430. The van der Waals surface area contributed by atoms with Crippen LogP contribution in [0.25, 0.3) is 0 Å². The summed E-state index contributed by atoms with van der Waals surface area (Å²) in [7, 11) is 4.39. The number of nitrogens with zero attached hydrogens (tertiary/aromatic N) is 2. The van der Waals surface area contributed by atoms with Crippen LogP contribution in [0.4, 0.5) is 0 Å². The van der Waals surface area contributed by atoms with Gasteiger partial charge in [-0.25, -0.2) is 0 Å². The molecule has 0 aromatic heterocycles. The Morgan fingerprint density at radius 1 is 1.03 bits per heavy atom. The van der Waals surface area contributed by atoms with Crippen LogP contribution < -0.4 is 0 Å². The minimum atomic E-state index is 0.176. The van der Waals surface area contributed by atoms with Crippen molar-refractivity contribution in [3.05, 3.63) is 47.5 Å². The molecule has 0 unspecified atom stereocenters. The highest BCUT2D eigenvalue weighted by atomic mass is 16.2. The summed E-state index contributed by atoms with van der Waals surface area (Å²) >= 11 is 0.